The zero-order chi connectivity index (χ0) is 40.7. The standard InChI is InChI=1S/C57H37N5/c1-3-17-38(18-4-1)55-58-56(40-28-27-36-15-7-8-19-39(36)33-40)60-57(59-55)46-30-32-50(44-24-12-11-23-43(44)46)62-49-26-14-13-25-45(49)47-34-53-48(35-52(47)62)54-42-22-10-9-16-37(42)29-31-51(54)61(53)41-20-5-2-6-21-41/h1-24,26-35,45H,25H2. The summed E-state index contributed by atoms with van der Waals surface area (Å²) in [7, 11) is 0. The van der Waals surface area contributed by atoms with Gasteiger partial charge >= 0.3 is 0 Å². The fourth-order valence-corrected chi connectivity index (χ4v) is 10.1. The van der Waals surface area contributed by atoms with Gasteiger partial charge < -0.3 is 9.47 Å². The van der Waals surface area contributed by atoms with Gasteiger partial charge in [-0.25, -0.2) is 15.0 Å². The van der Waals surface area contributed by atoms with Crippen molar-refractivity contribution in [1.29, 1.82) is 0 Å². The first-order chi connectivity index (χ1) is 30.7. The van der Waals surface area contributed by atoms with Crippen LogP contribution in [-0.2, 0) is 0 Å². The molecule has 1 aliphatic heterocycles. The van der Waals surface area contributed by atoms with Crippen LogP contribution in [0.15, 0.2) is 212 Å². The van der Waals surface area contributed by atoms with Crippen molar-refractivity contribution in [3.8, 4) is 39.9 Å². The molecule has 0 fully saturated rings. The van der Waals surface area contributed by atoms with E-state index in [1.807, 2.05) is 18.2 Å². The van der Waals surface area contributed by atoms with Gasteiger partial charge in [-0.1, -0.05) is 152 Å². The number of allylic oxidation sites excluding steroid dienone is 4. The number of anilines is 2. The zero-order valence-corrected chi connectivity index (χ0v) is 33.7. The van der Waals surface area contributed by atoms with Gasteiger partial charge in [0.2, 0.25) is 0 Å². The Morgan fingerprint density at radius 3 is 1.97 bits per heavy atom. The van der Waals surface area contributed by atoms with E-state index in [9.17, 15) is 0 Å². The summed E-state index contributed by atoms with van der Waals surface area (Å²) in [6, 6.07) is 67.4. The fourth-order valence-electron chi connectivity index (χ4n) is 10.1. The highest BCUT2D eigenvalue weighted by molar-refractivity contribution is 6.22. The number of para-hydroxylation sites is 1. The molecule has 11 aromatic rings. The zero-order valence-electron chi connectivity index (χ0n) is 33.7. The minimum Gasteiger partial charge on any atom is -0.313 e. The third kappa shape index (κ3) is 5.31. The van der Waals surface area contributed by atoms with Gasteiger partial charge in [-0.15, -0.1) is 0 Å². The Bertz CT molecular complexity index is 3680. The van der Waals surface area contributed by atoms with Gasteiger partial charge in [0.25, 0.3) is 0 Å². The van der Waals surface area contributed by atoms with E-state index in [2.05, 4.69) is 198 Å². The maximum Gasteiger partial charge on any atom is 0.164 e. The number of hydrogen-bond acceptors (Lipinski definition) is 4. The number of nitrogens with zero attached hydrogens (tertiary/aromatic N) is 5. The molecule has 0 spiro atoms. The first kappa shape index (κ1) is 34.7. The number of aromatic nitrogens is 4. The maximum atomic E-state index is 5.24. The second kappa shape index (κ2) is 13.7. The van der Waals surface area contributed by atoms with Crippen LogP contribution in [0.4, 0.5) is 11.4 Å². The van der Waals surface area contributed by atoms with Crippen molar-refractivity contribution in [3.05, 3.63) is 218 Å². The molecule has 2 aromatic heterocycles. The highest BCUT2D eigenvalue weighted by Gasteiger charge is 2.37. The molecule has 0 radical (unpaired) electrons. The van der Waals surface area contributed by atoms with E-state index in [0.29, 0.717) is 17.5 Å². The molecule has 5 heteroatoms. The van der Waals surface area contributed by atoms with Crippen molar-refractivity contribution in [2.24, 2.45) is 0 Å². The lowest BCUT2D eigenvalue weighted by Crippen LogP contribution is -2.15. The van der Waals surface area contributed by atoms with Crippen molar-refractivity contribution in [2.75, 3.05) is 4.90 Å². The van der Waals surface area contributed by atoms with Crippen molar-refractivity contribution in [2.45, 2.75) is 12.3 Å². The summed E-state index contributed by atoms with van der Waals surface area (Å²) >= 11 is 0. The normalized spacial score (nSPS) is 14.5. The second-order valence-electron chi connectivity index (χ2n) is 16.3. The highest BCUT2D eigenvalue weighted by Crippen LogP contribution is 2.54. The molecule has 290 valence electrons. The van der Waals surface area contributed by atoms with E-state index in [4.69, 9.17) is 15.0 Å². The monoisotopic (exact) mass is 791 g/mol. The van der Waals surface area contributed by atoms with Gasteiger partial charge in [0.1, 0.15) is 0 Å². The molecule has 0 bridgehead atoms. The lowest BCUT2D eigenvalue weighted by Gasteiger charge is -2.26. The number of rotatable bonds is 5. The first-order valence-corrected chi connectivity index (χ1v) is 21.3. The summed E-state index contributed by atoms with van der Waals surface area (Å²) in [5.74, 6) is 2.16. The summed E-state index contributed by atoms with van der Waals surface area (Å²) in [6.07, 6.45) is 7.79. The lowest BCUT2D eigenvalue weighted by atomic mass is 9.91. The van der Waals surface area contributed by atoms with E-state index in [0.717, 1.165) is 50.6 Å². The summed E-state index contributed by atoms with van der Waals surface area (Å²) in [6.45, 7) is 0. The molecular weight excluding hydrogens is 755 g/mol. The molecule has 1 atom stereocenters. The molecule has 13 rings (SSSR count). The molecule has 0 N–H and O–H groups in total. The van der Waals surface area contributed by atoms with E-state index in [-0.39, 0.29) is 5.92 Å². The Labute approximate surface area is 358 Å². The SMILES string of the molecule is C1=CCC2C(=C1)N(c1ccc(-c3nc(-c4ccccc4)nc(-c4ccc5ccccc5c4)n3)c3ccccc13)c1cc3c4c5ccccc5ccc4n(-c4ccccc4)c3cc12. The van der Waals surface area contributed by atoms with E-state index >= 15 is 0 Å². The Morgan fingerprint density at radius 1 is 0.452 bits per heavy atom. The quantitative estimate of drug-likeness (QED) is 0.174. The largest absolute Gasteiger partial charge is 0.313 e. The molecule has 9 aromatic carbocycles. The van der Waals surface area contributed by atoms with Crippen LogP contribution in [0.1, 0.15) is 17.9 Å². The van der Waals surface area contributed by atoms with E-state index < -0.39 is 0 Å². The van der Waals surface area contributed by atoms with Crippen LogP contribution in [0.3, 0.4) is 0 Å². The maximum absolute atomic E-state index is 5.24. The van der Waals surface area contributed by atoms with Crippen LogP contribution < -0.4 is 4.90 Å². The predicted octanol–water partition coefficient (Wildman–Crippen LogP) is 14.5. The number of hydrogen-bond donors (Lipinski definition) is 0. The number of fused-ring (bicyclic) bond motifs is 10. The molecule has 2 aliphatic rings. The van der Waals surface area contributed by atoms with Crippen LogP contribution in [0.5, 0.6) is 0 Å². The molecule has 5 nitrogen and oxygen atoms in total. The highest BCUT2D eigenvalue weighted by atomic mass is 15.2. The van der Waals surface area contributed by atoms with Gasteiger partial charge in [0.05, 0.1) is 22.4 Å². The molecule has 1 unspecified atom stereocenters. The van der Waals surface area contributed by atoms with Crippen LogP contribution in [-0.4, -0.2) is 19.5 Å². The average molecular weight is 792 g/mol. The predicted molar refractivity (Wildman–Crippen MR) is 256 cm³/mol. The number of benzene rings is 9. The van der Waals surface area contributed by atoms with Crippen molar-refractivity contribution in [1.82, 2.24) is 19.5 Å². The van der Waals surface area contributed by atoms with Crippen molar-refractivity contribution < 1.29 is 0 Å². The van der Waals surface area contributed by atoms with Gasteiger partial charge in [-0.05, 0) is 93.5 Å². The summed E-state index contributed by atoms with van der Waals surface area (Å²) < 4.78 is 2.46. The molecule has 0 saturated carbocycles. The van der Waals surface area contributed by atoms with Crippen LogP contribution in [0, 0.1) is 0 Å². The molecule has 0 saturated heterocycles. The Hall–Kier alpha value is -8.15. The minimum absolute atomic E-state index is 0.221. The Balaban J connectivity index is 1.03. The van der Waals surface area contributed by atoms with Gasteiger partial charge in [-0.3, -0.25) is 0 Å². The van der Waals surface area contributed by atoms with Crippen LogP contribution >= 0.6 is 0 Å². The van der Waals surface area contributed by atoms with Crippen molar-refractivity contribution >= 4 is 65.5 Å². The van der Waals surface area contributed by atoms with E-state index in [1.165, 1.54) is 54.9 Å². The fraction of sp³-hybridized carbons (Fsp3) is 0.0351. The lowest BCUT2D eigenvalue weighted by molar-refractivity contribution is 0.820. The van der Waals surface area contributed by atoms with Crippen LogP contribution in [0.25, 0.3) is 94.0 Å². The smallest absolute Gasteiger partial charge is 0.164 e. The Kier molecular flexibility index (Phi) is 7.66. The Morgan fingerprint density at radius 2 is 1.13 bits per heavy atom. The summed E-state index contributed by atoms with van der Waals surface area (Å²) in [5, 5.41) is 9.58. The van der Waals surface area contributed by atoms with Crippen LogP contribution in [0.2, 0.25) is 0 Å². The molecule has 0 amide bonds. The van der Waals surface area contributed by atoms with Gasteiger partial charge in [0, 0.05) is 50.2 Å². The minimum atomic E-state index is 0.221. The summed E-state index contributed by atoms with van der Waals surface area (Å²) in [4.78, 5) is 18.0. The molecule has 62 heavy (non-hydrogen) atoms. The topological polar surface area (TPSA) is 46.8 Å². The molecule has 1 aliphatic carbocycles. The molecule has 3 heterocycles. The van der Waals surface area contributed by atoms with Gasteiger partial charge in [0.15, 0.2) is 17.5 Å². The average Bonchev–Trinajstić information content (AvgIpc) is 3.85. The third-order valence-corrected chi connectivity index (χ3v) is 12.9. The first-order valence-electron chi connectivity index (χ1n) is 21.3. The third-order valence-electron chi connectivity index (χ3n) is 12.9. The second-order valence-corrected chi connectivity index (χ2v) is 16.3. The van der Waals surface area contributed by atoms with Crippen molar-refractivity contribution in [3.63, 3.8) is 0 Å². The van der Waals surface area contributed by atoms with Gasteiger partial charge in [-0.2, -0.15) is 0 Å². The summed E-state index contributed by atoms with van der Waals surface area (Å²) in [5.41, 5.74) is 11.5. The van der Waals surface area contributed by atoms with E-state index in [1.54, 1.807) is 0 Å². The molecular formula is C57H37N5.